The highest BCUT2D eigenvalue weighted by atomic mass is 19.4. The average molecular weight is 562 g/mol. The highest BCUT2D eigenvalue weighted by Gasteiger charge is 2.36. The molecule has 4 aromatic rings. The second kappa shape index (κ2) is 10.6. The number of imidazole rings is 1. The number of rotatable bonds is 7. The first-order valence-corrected chi connectivity index (χ1v) is 13.3. The molecular weight excluding hydrogens is 533 g/mol. The van der Waals surface area contributed by atoms with Gasteiger partial charge in [-0.3, -0.25) is 4.68 Å². The Morgan fingerprint density at radius 1 is 1.00 bits per heavy atom. The second-order valence-corrected chi connectivity index (χ2v) is 10.3. The van der Waals surface area contributed by atoms with Gasteiger partial charge in [0.2, 0.25) is 5.95 Å². The summed E-state index contributed by atoms with van der Waals surface area (Å²) in [5.74, 6) is 0.0409. The Balaban J connectivity index is 1.21. The third kappa shape index (κ3) is 5.43. The topological polar surface area (TPSA) is 89.6 Å². The Labute approximate surface area is 226 Å². The minimum absolute atomic E-state index is 0.01000. The monoisotopic (exact) mass is 561 g/mol. The lowest BCUT2D eigenvalue weighted by molar-refractivity contribution is -0.137. The molecule has 0 radical (unpaired) electrons. The predicted octanol–water partition coefficient (Wildman–Crippen LogP) is 5.56. The largest absolute Gasteiger partial charge is 0.419 e. The molecule has 2 atom stereocenters. The molecule has 2 fully saturated rings. The van der Waals surface area contributed by atoms with E-state index >= 15 is 0 Å². The normalized spacial score (nSPS) is 20.1. The van der Waals surface area contributed by atoms with E-state index in [-0.39, 0.29) is 23.6 Å². The Morgan fingerprint density at radius 2 is 1.82 bits per heavy atom. The van der Waals surface area contributed by atoms with Gasteiger partial charge in [0.1, 0.15) is 17.6 Å². The van der Waals surface area contributed by atoms with Crippen LogP contribution in [0.25, 0.3) is 22.4 Å². The van der Waals surface area contributed by atoms with Crippen LogP contribution in [0.5, 0.6) is 0 Å². The van der Waals surface area contributed by atoms with Crippen LogP contribution in [-0.2, 0) is 12.7 Å². The molecule has 1 aliphatic carbocycles. The van der Waals surface area contributed by atoms with Crippen LogP contribution in [0.2, 0.25) is 0 Å². The van der Waals surface area contributed by atoms with Gasteiger partial charge >= 0.3 is 6.18 Å². The first kappa shape index (κ1) is 26.4. The summed E-state index contributed by atoms with van der Waals surface area (Å²) in [4.78, 5) is 19.7. The molecule has 1 aliphatic heterocycles. The van der Waals surface area contributed by atoms with Gasteiger partial charge in [-0.15, -0.1) is 0 Å². The van der Waals surface area contributed by atoms with Crippen LogP contribution >= 0.6 is 0 Å². The summed E-state index contributed by atoms with van der Waals surface area (Å²) in [6, 6.07) is 2.08. The zero-order valence-corrected chi connectivity index (χ0v) is 21.5. The first-order valence-electron chi connectivity index (χ1n) is 13.3. The van der Waals surface area contributed by atoms with Crippen molar-refractivity contribution in [2.75, 3.05) is 23.3 Å². The Morgan fingerprint density at radius 3 is 2.60 bits per heavy atom. The van der Waals surface area contributed by atoms with E-state index in [0.717, 1.165) is 72.5 Å². The average Bonchev–Trinajstić information content (AvgIpc) is 3.69. The molecular formula is C26H28F5N9. The lowest BCUT2D eigenvalue weighted by atomic mass is 9.91. The van der Waals surface area contributed by atoms with Gasteiger partial charge in [0.05, 0.1) is 30.1 Å². The van der Waals surface area contributed by atoms with Gasteiger partial charge in [0.15, 0.2) is 5.65 Å². The number of hydrogen-bond donors (Lipinski definition) is 1. The van der Waals surface area contributed by atoms with Crippen molar-refractivity contribution in [1.82, 2.24) is 34.3 Å². The fourth-order valence-corrected chi connectivity index (χ4v) is 5.66. The zero-order valence-electron chi connectivity index (χ0n) is 21.5. The second-order valence-electron chi connectivity index (χ2n) is 10.3. The van der Waals surface area contributed by atoms with Gasteiger partial charge in [0, 0.05) is 43.1 Å². The zero-order chi connectivity index (χ0) is 27.9. The van der Waals surface area contributed by atoms with Crippen molar-refractivity contribution in [3.05, 3.63) is 42.7 Å². The molecule has 4 aromatic heterocycles. The van der Waals surface area contributed by atoms with Crippen LogP contribution in [0.15, 0.2) is 37.2 Å². The fourth-order valence-electron chi connectivity index (χ4n) is 5.66. The molecule has 0 aromatic carbocycles. The van der Waals surface area contributed by atoms with E-state index in [4.69, 9.17) is 4.98 Å². The summed E-state index contributed by atoms with van der Waals surface area (Å²) < 4.78 is 69.6. The predicted molar refractivity (Wildman–Crippen MR) is 138 cm³/mol. The highest BCUT2D eigenvalue weighted by molar-refractivity contribution is 5.75. The maximum absolute atomic E-state index is 13.7. The minimum atomic E-state index is -4.72. The van der Waals surface area contributed by atoms with E-state index in [0.29, 0.717) is 6.42 Å². The van der Waals surface area contributed by atoms with Gasteiger partial charge in [-0.25, -0.2) is 28.7 Å². The van der Waals surface area contributed by atoms with E-state index in [2.05, 4.69) is 40.9 Å². The Hall–Kier alpha value is -3.84. The molecule has 40 heavy (non-hydrogen) atoms. The molecule has 6 rings (SSSR count). The van der Waals surface area contributed by atoms with Crippen molar-refractivity contribution in [3.8, 4) is 11.3 Å². The summed E-state index contributed by atoms with van der Waals surface area (Å²) >= 11 is 0. The highest BCUT2D eigenvalue weighted by Crippen LogP contribution is 2.37. The number of hydrogen-bond acceptors (Lipinski definition) is 7. The lowest BCUT2D eigenvalue weighted by Crippen LogP contribution is -2.29. The van der Waals surface area contributed by atoms with Crippen LogP contribution in [0.4, 0.5) is 33.6 Å². The van der Waals surface area contributed by atoms with E-state index in [1.165, 1.54) is 12.8 Å². The number of anilines is 2. The molecule has 2 aliphatic rings. The standard InChI is InChI=1S/C26H28F5N9/c27-22(28)14-39-13-16(10-35-39)23-20(26(29,30)31)12-33-25(37-23)36-17-4-3-5-18(8-17)40-15-34-21-9-19(11-32-24(21)40)38-6-1-2-7-38/h9-13,15,17-18,22H,1-8,14H2,(H,33,36,37)/t17-,18+/m1/s1. The molecule has 1 N–H and O–H groups in total. The van der Waals surface area contributed by atoms with Crippen molar-refractivity contribution in [3.63, 3.8) is 0 Å². The summed E-state index contributed by atoms with van der Waals surface area (Å²) in [6.07, 6.45) is 4.89. The summed E-state index contributed by atoms with van der Waals surface area (Å²) in [6.45, 7) is 1.32. The maximum Gasteiger partial charge on any atom is 0.419 e. The minimum Gasteiger partial charge on any atom is -0.370 e. The number of pyridine rings is 1. The molecule has 14 heteroatoms. The van der Waals surface area contributed by atoms with Gasteiger partial charge in [-0.2, -0.15) is 18.3 Å². The van der Waals surface area contributed by atoms with E-state index < -0.39 is 30.4 Å². The third-order valence-electron chi connectivity index (χ3n) is 7.57. The number of fused-ring (bicyclic) bond motifs is 1. The van der Waals surface area contributed by atoms with Crippen molar-refractivity contribution in [1.29, 1.82) is 0 Å². The number of aromatic nitrogens is 7. The number of alkyl halides is 5. The van der Waals surface area contributed by atoms with Crippen molar-refractivity contribution in [2.45, 2.75) is 69.8 Å². The molecule has 0 amide bonds. The summed E-state index contributed by atoms with van der Waals surface area (Å²) in [5.41, 5.74) is 1.25. The molecule has 1 saturated heterocycles. The Bertz CT molecular complexity index is 1480. The first-order chi connectivity index (χ1) is 19.2. The number of nitrogens with zero attached hydrogens (tertiary/aromatic N) is 8. The van der Waals surface area contributed by atoms with E-state index in [9.17, 15) is 22.0 Å². The lowest BCUT2D eigenvalue weighted by Gasteiger charge is -2.31. The van der Waals surface area contributed by atoms with E-state index in [1.54, 1.807) is 0 Å². The maximum atomic E-state index is 13.7. The van der Waals surface area contributed by atoms with Gasteiger partial charge < -0.3 is 14.8 Å². The van der Waals surface area contributed by atoms with Crippen molar-refractivity contribution < 1.29 is 22.0 Å². The molecule has 0 unspecified atom stereocenters. The van der Waals surface area contributed by atoms with Gasteiger partial charge in [-0.05, 0) is 44.6 Å². The quantitative estimate of drug-likeness (QED) is 0.295. The molecule has 5 heterocycles. The van der Waals surface area contributed by atoms with Crippen LogP contribution in [0.3, 0.4) is 0 Å². The van der Waals surface area contributed by atoms with Crippen molar-refractivity contribution in [2.24, 2.45) is 0 Å². The van der Waals surface area contributed by atoms with Gasteiger partial charge in [-0.1, -0.05) is 0 Å². The van der Waals surface area contributed by atoms with Crippen molar-refractivity contribution >= 4 is 22.8 Å². The molecule has 0 bridgehead atoms. The molecule has 9 nitrogen and oxygen atoms in total. The fraction of sp³-hybridized carbons (Fsp3) is 0.500. The van der Waals surface area contributed by atoms with Crippen LogP contribution in [0, 0.1) is 0 Å². The van der Waals surface area contributed by atoms with Crippen LogP contribution in [-0.4, -0.2) is 59.8 Å². The Kier molecular flexibility index (Phi) is 7.00. The number of nitrogens with one attached hydrogen (secondary N) is 1. The third-order valence-corrected chi connectivity index (χ3v) is 7.57. The van der Waals surface area contributed by atoms with E-state index in [1.807, 2.05) is 12.5 Å². The summed E-state index contributed by atoms with van der Waals surface area (Å²) in [5, 5.41) is 6.96. The molecule has 212 valence electrons. The number of halogens is 5. The summed E-state index contributed by atoms with van der Waals surface area (Å²) in [7, 11) is 0. The SMILES string of the molecule is FC(F)Cn1cc(-c2nc(N[C@@H]3CCC[C@H](n4cnc5cc(N6CCCC6)cnc54)C3)ncc2C(F)(F)F)cn1. The molecule has 0 spiro atoms. The smallest absolute Gasteiger partial charge is 0.370 e. The van der Waals surface area contributed by atoms with Crippen LogP contribution in [0.1, 0.15) is 50.1 Å². The van der Waals surface area contributed by atoms with Gasteiger partial charge in [0.25, 0.3) is 6.43 Å². The molecule has 1 saturated carbocycles. The van der Waals surface area contributed by atoms with Crippen LogP contribution < -0.4 is 10.2 Å².